The molecule has 0 atom stereocenters. The van der Waals surface area contributed by atoms with E-state index in [0.29, 0.717) is 30.0 Å². The van der Waals surface area contributed by atoms with Gasteiger partial charge >= 0.3 is 5.97 Å². The summed E-state index contributed by atoms with van der Waals surface area (Å²) in [7, 11) is 0. The fourth-order valence-corrected chi connectivity index (χ4v) is 4.69. The normalized spacial score (nSPS) is 11.9. The molecule has 5 nitrogen and oxygen atoms in total. The van der Waals surface area contributed by atoms with Crippen LogP contribution in [0, 0.1) is 0 Å². The molecule has 190 valence electrons. The van der Waals surface area contributed by atoms with Gasteiger partial charge in [0, 0.05) is 16.5 Å². The maximum absolute atomic E-state index is 12.5. The van der Waals surface area contributed by atoms with Crippen molar-refractivity contribution in [2.75, 3.05) is 6.61 Å². The topological polar surface area (TPSA) is 74.7 Å². The molecular weight excluding hydrogens is 424 g/mol. The Morgan fingerprint density at radius 3 is 1.88 bits per heavy atom. The van der Waals surface area contributed by atoms with Crippen molar-refractivity contribution in [1.29, 1.82) is 0 Å². The van der Waals surface area contributed by atoms with E-state index in [-0.39, 0.29) is 0 Å². The number of ether oxygens (including phenoxy) is 1. The number of H-pyrrole nitrogens is 1. The maximum Gasteiger partial charge on any atom is 0.355 e. The van der Waals surface area contributed by atoms with Gasteiger partial charge in [0.2, 0.25) is 0 Å². The Morgan fingerprint density at radius 1 is 0.824 bits per heavy atom. The van der Waals surface area contributed by atoms with Gasteiger partial charge in [-0.25, -0.2) is 4.79 Å². The average molecular weight is 471 g/mol. The van der Waals surface area contributed by atoms with Crippen molar-refractivity contribution >= 4 is 22.6 Å². The number of aromatic amines is 1. The summed E-state index contributed by atoms with van der Waals surface area (Å²) in [5, 5.41) is 14.2. The van der Waals surface area contributed by atoms with Gasteiger partial charge in [0.1, 0.15) is 5.69 Å². The second-order valence-corrected chi connectivity index (χ2v) is 9.39. The number of carbonyl (C=O) groups is 1. The molecule has 5 heteroatoms. The zero-order valence-electron chi connectivity index (χ0n) is 21.5. The molecule has 34 heavy (non-hydrogen) atoms. The van der Waals surface area contributed by atoms with Crippen molar-refractivity contribution in [2.45, 2.75) is 117 Å². The van der Waals surface area contributed by atoms with Crippen molar-refractivity contribution in [3.8, 4) is 0 Å². The van der Waals surface area contributed by atoms with Crippen molar-refractivity contribution in [3.63, 3.8) is 0 Å². The van der Waals surface area contributed by atoms with E-state index in [1.54, 1.807) is 6.92 Å². The number of rotatable bonds is 19. The van der Waals surface area contributed by atoms with Gasteiger partial charge in [-0.3, -0.25) is 0 Å². The van der Waals surface area contributed by atoms with Crippen molar-refractivity contribution in [2.24, 2.45) is 5.16 Å². The molecular formula is C29H46N2O3. The lowest BCUT2D eigenvalue weighted by atomic mass is 9.99. The minimum atomic E-state index is -0.411. The van der Waals surface area contributed by atoms with Crippen LogP contribution in [0.2, 0.25) is 0 Å². The first-order chi connectivity index (χ1) is 16.7. The number of carbonyl (C=O) groups excluding carboxylic acids is 1. The van der Waals surface area contributed by atoms with Crippen LogP contribution in [0.15, 0.2) is 29.4 Å². The first-order valence-electron chi connectivity index (χ1n) is 13.7. The lowest BCUT2D eigenvalue weighted by Crippen LogP contribution is -2.12. The lowest BCUT2D eigenvalue weighted by Gasteiger charge is -2.07. The third-order valence-corrected chi connectivity index (χ3v) is 6.61. The molecule has 0 radical (unpaired) electrons. The van der Waals surface area contributed by atoms with Crippen LogP contribution in [-0.4, -0.2) is 28.5 Å². The Bertz CT molecular complexity index is 856. The predicted molar refractivity (Wildman–Crippen MR) is 142 cm³/mol. The van der Waals surface area contributed by atoms with Crippen LogP contribution in [0.3, 0.4) is 0 Å². The van der Waals surface area contributed by atoms with Gasteiger partial charge in [-0.2, -0.15) is 0 Å². The molecule has 0 aliphatic rings. The highest BCUT2D eigenvalue weighted by molar-refractivity contribution is 6.17. The third-order valence-electron chi connectivity index (χ3n) is 6.61. The number of nitrogens with zero attached hydrogens (tertiary/aromatic N) is 1. The van der Waals surface area contributed by atoms with Crippen LogP contribution in [0.5, 0.6) is 0 Å². The summed E-state index contributed by atoms with van der Waals surface area (Å²) in [6.45, 7) is 4.37. The molecule has 0 saturated carbocycles. The standard InChI is InChI=1S/C29H46N2O3/c1-3-5-6-7-8-9-10-11-12-13-14-15-16-17-18-23-26(31-33)27-24-21-19-20-22-25(24)30-28(27)29(32)34-4-2/h19-22,30,33H,3-18,23H2,1-2H3. The molecule has 0 aliphatic heterocycles. The molecule has 1 aromatic carbocycles. The second-order valence-electron chi connectivity index (χ2n) is 9.39. The number of oxime groups is 1. The fourth-order valence-electron chi connectivity index (χ4n) is 4.69. The van der Waals surface area contributed by atoms with E-state index >= 15 is 0 Å². The molecule has 0 fully saturated rings. The van der Waals surface area contributed by atoms with Gasteiger partial charge in [-0.15, -0.1) is 0 Å². The largest absolute Gasteiger partial charge is 0.461 e. The summed E-state index contributed by atoms with van der Waals surface area (Å²) in [6, 6.07) is 7.71. The van der Waals surface area contributed by atoms with E-state index in [4.69, 9.17) is 4.74 Å². The number of hydrogen-bond acceptors (Lipinski definition) is 4. The van der Waals surface area contributed by atoms with Gasteiger partial charge in [-0.05, 0) is 25.8 Å². The summed E-state index contributed by atoms with van der Waals surface area (Å²) in [4.78, 5) is 15.6. The predicted octanol–water partition coefficient (Wildman–Crippen LogP) is 8.78. The molecule has 1 heterocycles. The van der Waals surface area contributed by atoms with Crippen LogP contribution in [-0.2, 0) is 4.74 Å². The molecule has 1 aromatic heterocycles. The molecule has 0 unspecified atom stereocenters. The number of aromatic nitrogens is 1. The van der Waals surface area contributed by atoms with E-state index in [0.717, 1.165) is 23.7 Å². The van der Waals surface area contributed by atoms with Gasteiger partial charge in [0.25, 0.3) is 0 Å². The number of fused-ring (bicyclic) bond motifs is 1. The average Bonchev–Trinajstić information content (AvgIpc) is 3.24. The Morgan fingerprint density at radius 2 is 1.35 bits per heavy atom. The van der Waals surface area contributed by atoms with E-state index in [1.165, 1.54) is 83.5 Å². The summed E-state index contributed by atoms with van der Waals surface area (Å²) >= 11 is 0. The minimum absolute atomic E-state index is 0.304. The van der Waals surface area contributed by atoms with Crippen molar-refractivity contribution in [1.82, 2.24) is 4.98 Å². The summed E-state index contributed by atoms with van der Waals surface area (Å²) < 4.78 is 5.22. The van der Waals surface area contributed by atoms with Crippen LogP contribution >= 0.6 is 0 Å². The fraction of sp³-hybridized carbons (Fsp3) is 0.655. The molecule has 2 aromatic rings. The molecule has 2 rings (SSSR count). The Kier molecular flexibility index (Phi) is 14.1. The minimum Gasteiger partial charge on any atom is -0.461 e. The molecule has 0 spiro atoms. The summed E-state index contributed by atoms with van der Waals surface area (Å²) in [6.07, 6.45) is 20.4. The van der Waals surface area contributed by atoms with Gasteiger partial charge in [0.15, 0.2) is 0 Å². The molecule has 0 amide bonds. The van der Waals surface area contributed by atoms with Gasteiger partial charge in [-0.1, -0.05) is 120 Å². The van der Waals surface area contributed by atoms with Crippen molar-refractivity contribution < 1.29 is 14.7 Å². The van der Waals surface area contributed by atoms with Crippen LogP contribution < -0.4 is 0 Å². The Labute approximate surface area is 206 Å². The number of benzene rings is 1. The van der Waals surface area contributed by atoms with Crippen LogP contribution in [0.25, 0.3) is 10.9 Å². The number of esters is 1. The van der Waals surface area contributed by atoms with E-state index in [1.807, 2.05) is 24.3 Å². The monoisotopic (exact) mass is 470 g/mol. The first-order valence-corrected chi connectivity index (χ1v) is 13.7. The zero-order chi connectivity index (χ0) is 24.4. The molecule has 0 saturated heterocycles. The highest BCUT2D eigenvalue weighted by atomic mass is 16.5. The van der Waals surface area contributed by atoms with Crippen LogP contribution in [0.4, 0.5) is 0 Å². The zero-order valence-corrected chi connectivity index (χ0v) is 21.5. The number of hydrogen-bond donors (Lipinski definition) is 2. The van der Waals surface area contributed by atoms with Crippen molar-refractivity contribution in [3.05, 3.63) is 35.5 Å². The van der Waals surface area contributed by atoms with E-state index in [9.17, 15) is 10.0 Å². The highest BCUT2D eigenvalue weighted by Gasteiger charge is 2.22. The Hall–Kier alpha value is -2.30. The van der Waals surface area contributed by atoms with Crippen LogP contribution in [0.1, 0.15) is 133 Å². The smallest absolute Gasteiger partial charge is 0.355 e. The third kappa shape index (κ3) is 9.52. The molecule has 2 N–H and O–H groups in total. The SMILES string of the molecule is CCCCCCCCCCCCCCCCCC(=NO)c1c(C(=O)OCC)[nH]c2ccccc12. The van der Waals surface area contributed by atoms with E-state index < -0.39 is 5.97 Å². The summed E-state index contributed by atoms with van der Waals surface area (Å²) in [5.74, 6) is -0.411. The molecule has 0 bridgehead atoms. The maximum atomic E-state index is 12.5. The Balaban J connectivity index is 1.65. The second kappa shape index (κ2) is 17.2. The number of nitrogens with one attached hydrogen (secondary N) is 1. The van der Waals surface area contributed by atoms with E-state index in [2.05, 4.69) is 17.1 Å². The number of unbranched alkanes of at least 4 members (excludes halogenated alkanes) is 14. The molecule has 0 aliphatic carbocycles. The number of para-hydroxylation sites is 1. The summed E-state index contributed by atoms with van der Waals surface area (Å²) in [5.41, 5.74) is 2.44. The first kappa shape index (κ1) is 27.9. The lowest BCUT2D eigenvalue weighted by molar-refractivity contribution is 0.0520. The van der Waals surface area contributed by atoms with Gasteiger partial charge in [0.05, 0.1) is 12.3 Å². The van der Waals surface area contributed by atoms with Gasteiger partial charge < -0.3 is 14.9 Å². The highest BCUT2D eigenvalue weighted by Crippen LogP contribution is 2.26. The quantitative estimate of drug-likeness (QED) is 0.0708.